The summed E-state index contributed by atoms with van der Waals surface area (Å²) in [5, 5.41) is 8.21. The molecule has 2 amide bonds. The van der Waals surface area contributed by atoms with Gasteiger partial charge >= 0.3 is 0 Å². The fourth-order valence-corrected chi connectivity index (χ4v) is 3.90. The van der Waals surface area contributed by atoms with Crippen molar-refractivity contribution in [1.29, 1.82) is 0 Å². The molecule has 1 aliphatic heterocycles. The van der Waals surface area contributed by atoms with E-state index in [-0.39, 0.29) is 18.4 Å². The van der Waals surface area contributed by atoms with Crippen LogP contribution in [0.4, 0.5) is 11.4 Å². The van der Waals surface area contributed by atoms with Gasteiger partial charge in [-0.2, -0.15) is 0 Å². The molecule has 0 atom stereocenters. The molecule has 3 aromatic rings. The highest BCUT2D eigenvalue weighted by atomic mass is 16.2. The van der Waals surface area contributed by atoms with Crippen LogP contribution < -0.4 is 10.6 Å². The number of likely N-dealkylation sites (tertiary alicyclic amines) is 1. The summed E-state index contributed by atoms with van der Waals surface area (Å²) in [5.74, 6) is -0.0202. The molecule has 0 spiro atoms. The van der Waals surface area contributed by atoms with Crippen molar-refractivity contribution < 1.29 is 9.59 Å². The topological polar surface area (TPSA) is 61.4 Å². The molecule has 0 radical (unpaired) electrons. The zero-order valence-electron chi connectivity index (χ0n) is 17.1. The number of carbonyl (C=O) groups excluding carboxylic acids is 2. The Morgan fingerprint density at radius 2 is 1.50 bits per heavy atom. The zero-order valence-corrected chi connectivity index (χ0v) is 17.1. The normalized spacial score (nSPS) is 14.2. The molecule has 0 bridgehead atoms. The average molecular weight is 402 g/mol. The summed E-state index contributed by atoms with van der Waals surface area (Å²) in [6, 6.07) is 21.2. The molecule has 2 N–H and O–H groups in total. The number of amides is 2. The summed E-state index contributed by atoms with van der Waals surface area (Å²) < 4.78 is 0. The fraction of sp³-hybridized carbons (Fsp3) is 0.280. The van der Waals surface area contributed by atoms with Gasteiger partial charge in [-0.25, -0.2) is 0 Å². The lowest BCUT2D eigenvalue weighted by atomic mass is 10.1. The number of hydrogen-bond donors (Lipinski definition) is 2. The maximum absolute atomic E-state index is 12.7. The van der Waals surface area contributed by atoms with Crippen molar-refractivity contribution in [2.24, 2.45) is 0 Å². The highest BCUT2D eigenvalue weighted by molar-refractivity contribution is 6.03. The van der Waals surface area contributed by atoms with Crippen LogP contribution in [0.5, 0.6) is 0 Å². The molecule has 5 nitrogen and oxygen atoms in total. The first-order valence-electron chi connectivity index (χ1n) is 10.6. The van der Waals surface area contributed by atoms with Gasteiger partial charge in [0.05, 0.1) is 6.54 Å². The van der Waals surface area contributed by atoms with Crippen molar-refractivity contribution in [2.45, 2.75) is 25.7 Å². The van der Waals surface area contributed by atoms with Crippen LogP contribution in [0, 0.1) is 0 Å². The van der Waals surface area contributed by atoms with Gasteiger partial charge in [-0.05, 0) is 48.6 Å². The lowest BCUT2D eigenvalue weighted by Crippen LogP contribution is -2.31. The van der Waals surface area contributed by atoms with Crippen molar-refractivity contribution in [3.05, 3.63) is 72.3 Å². The van der Waals surface area contributed by atoms with E-state index >= 15 is 0 Å². The average Bonchev–Trinajstić information content (AvgIpc) is 3.07. The molecule has 0 saturated carbocycles. The molecule has 5 heteroatoms. The Hall–Kier alpha value is -3.34. The van der Waals surface area contributed by atoms with Gasteiger partial charge in [-0.15, -0.1) is 0 Å². The lowest BCUT2D eigenvalue weighted by Gasteiger charge is -2.20. The first-order valence-corrected chi connectivity index (χ1v) is 10.6. The summed E-state index contributed by atoms with van der Waals surface area (Å²) in [6.07, 6.45) is 4.56. The van der Waals surface area contributed by atoms with Crippen LogP contribution in [0.15, 0.2) is 66.7 Å². The number of nitrogens with zero attached hydrogens (tertiary/aromatic N) is 1. The van der Waals surface area contributed by atoms with Crippen LogP contribution in [0.25, 0.3) is 10.8 Å². The van der Waals surface area contributed by atoms with Crippen LogP contribution in [0.2, 0.25) is 0 Å². The second-order valence-electron chi connectivity index (χ2n) is 7.71. The van der Waals surface area contributed by atoms with E-state index in [4.69, 9.17) is 0 Å². The van der Waals surface area contributed by atoms with Gasteiger partial charge < -0.3 is 15.5 Å². The SMILES string of the molecule is O=C(CNc1ccc(C(=O)N2CCCCCC2)cc1)Nc1cccc2ccccc12. The van der Waals surface area contributed by atoms with Crippen molar-refractivity contribution in [2.75, 3.05) is 30.3 Å². The Labute approximate surface area is 177 Å². The Morgan fingerprint density at radius 1 is 0.800 bits per heavy atom. The Morgan fingerprint density at radius 3 is 2.27 bits per heavy atom. The molecule has 1 heterocycles. The third-order valence-electron chi connectivity index (χ3n) is 5.54. The minimum Gasteiger partial charge on any atom is -0.376 e. The van der Waals surface area contributed by atoms with Crippen LogP contribution in [0.1, 0.15) is 36.0 Å². The number of rotatable bonds is 5. The molecular weight excluding hydrogens is 374 g/mol. The van der Waals surface area contributed by atoms with Gasteiger partial charge in [0, 0.05) is 35.4 Å². The summed E-state index contributed by atoms with van der Waals surface area (Å²) in [7, 11) is 0. The van der Waals surface area contributed by atoms with Crippen LogP contribution in [-0.2, 0) is 4.79 Å². The Kier molecular flexibility index (Phi) is 6.28. The van der Waals surface area contributed by atoms with E-state index in [0.717, 1.165) is 48.1 Å². The van der Waals surface area contributed by atoms with Crippen LogP contribution >= 0.6 is 0 Å². The summed E-state index contributed by atoms with van der Waals surface area (Å²) >= 11 is 0. The highest BCUT2D eigenvalue weighted by Crippen LogP contribution is 2.23. The van der Waals surface area contributed by atoms with Gasteiger partial charge in [0.1, 0.15) is 0 Å². The first kappa shape index (κ1) is 20.0. The second kappa shape index (κ2) is 9.44. The van der Waals surface area contributed by atoms with Gasteiger partial charge in [0.2, 0.25) is 5.91 Å². The van der Waals surface area contributed by atoms with Gasteiger partial charge in [0.25, 0.3) is 5.91 Å². The fourth-order valence-electron chi connectivity index (χ4n) is 3.90. The minimum atomic E-state index is -0.115. The van der Waals surface area contributed by atoms with Crippen molar-refractivity contribution in [1.82, 2.24) is 4.90 Å². The van der Waals surface area contributed by atoms with Crippen LogP contribution in [0.3, 0.4) is 0 Å². The predicted octanol–water partition coefficient (Wildman–Crippen LogP) is 4.91. The Bertz CT molecular complexity index is 1020. The molecule has 4 rings (SSSR count). The molecule has 1 aliphatic rings. The van der Waals surface area contributed by atoms with Gasteiger partial charge in [0.15, 0.2) is 0 Å². The molecule has 3 aromatic carbocycles. The molecular formula is C25H27N3O2. The standard InChI is InChI=1S/C25H27N3O2/c29-24(27-23-11-7-9-19-8-3-4-10-22(19)23)18-26-21-14-12-20(13-15-21)25(30)28-16-5-1-2-6-17-28/h3-4,7-15,26H,1-2,5-6,16-18H2,(H,27,29). The number of benzene rings is 3. The van der Waals surface area contributed by atoms with E-state index < -0.39 is 0 Å². The molecule has 0 unspecified atom stereocenters. The monoisotopic (exact) mass is 401 g/mol. The number of carbonyl (C=O) groups is 2. The number of hydrogen-bond acceptors (Lipinski definition) is 3. The highest BCUT2D eigenvalue weighted by Gasteiger charge is 2.17. The zero-order chi connectivity index (χ0) is 20.8. The molecule has 154 valence electrons. The quantitative estimate of drug-likeness (QED) is 0.639. The smallest absolute Gasteiger partial charge is 0.253 e. The number of fused-ring (bicyclic) bond motifs is 1. The van der Waals surface area contributed by atoms with Crippen LogP contribution in [-0.4, -0.2) is 36.3 Å². The summed E-state index contributed by atoms with van der Waals surface area (Å²) in [6.45, 7) is 1.84. The van der Waals surface area contributed by atoms with E-state index in [1.165, 1.54) is 12.8 Å². The van der Waals surface area contributed by atoms with E-state index in [1.54, 1.807) is 0 Å². The third-order valence-corrected chi connectivity index (χ3v) is 5.54. The Balaban J connectivity index is 1.33. The lowest BCUT2D eigenvalue weighted by molar-refractivity contribution is -0.114. The molecule has 0 aromatic heterocycles. The molecule has 30 heavy (non-hydrogen) atoms. The van der Waals surface area contributed by atoms with Gasteiger partial charge in [-0.3, -0.25) is 9.59 Å². The van der Waals surface area contributed by atoms with E-state index in [9.17, 15) is 9.59 Å². The minimum absolute atomic E-state index is 0.0946. The molecule has 1 saturated heterocycles. The molecule has 0 aliphatic carbocycles. The van der Waals surface area contributed by atoms with Crippen molar-refractivity contribution >= 4 is 34.0 Å². The summed E-state index contributed by atoms with van der Waals surface area (Å²) in [4.78, 5) is 27.0. The van der Waals surface area contributed by atoms with Gasteiger partial charge in [-0.1, -0.05) is 49.2 Å². The summed E-state index contributed by atoms with van der Waals surface area (Å²) in [5.41, 5.74) is 2.32. The second-order valence-corrected chi connectivity index (χ2v) is 7.71. The third kappa shape index (κ3) is 4.79. The maximum atomic E-state index is 12.7. The van der Waals surface area contributed by atoms with E-state index in [2.05, 4.69) is 10.6 Å². The van der Waals surface area contributed by atoms with Crippen molar-refractivity contribution in [3.63, 3.8) is 0 Å². The van der Waals surface area contributed by atoms with E-state index in [0.29, 0.717) is 5.56 Å². The molecule has 1 fully saturated rings. The number of anilines is 2. The predicted molar refractivity (Wildman–Crippen MR) is 122 cm³/mol. The maximum Gasteiger partial charge on any atom is 0.253 e. The largest absolute Gasteiger partial charge is 0.376 e. The van der Waals surface area contributed by atoms with Crippen molar-refractivity contribution in [3.8, 4) is 0 Å². The first-order chi connectivity index (χ1) is 14.7. The number of nitrogens with one attached hydrogen (secondary N) is 2. The van der Waals surface area contributed by atoms with E-state index in [1.807, 2.05) is 71.6 Å².